The lowest BCUT2D eigenvalue weighted by molar-refractivity contribution is -0.118. The molecule has 1 aromatic rings. The minimum absolute atomic E-state index is 0.281. The minimum Gasteiger partial charge on any atom is -0.462 e. The molecule has 6 heteroatoms. The lowest BCUT2D eigenvalue weighted by atomic mass is 10.2. The van der Waals surface area contributed by atoms with Gasteiger partial charge in [0.15, 0.2) is 0 Å². The van der Waals surface area contributed by atoms with Crippen molar-refractivity contribution in [1.29, 1.82) is 0 Å². The Morgan fingerprint density at radius 1 is 1.37 bits per heavy atom. The third-order valence-electron chi connectivity index (χ3n) is 2.43. The topological polar surface area (TPSA) is 94.3 Å². The molecule has 0 aliphatic rings. The Labute approximate surface area is 112 Å². The number of anilines is 1. The highest BCUT2D eigenvalue weighted by molar-refractivity contribution is 5.89. The van der Waals surface area contributed by atoms with Crippen LogP contribution in [0.15, 0.2) is 18.3 Å². The molecule has 0 bridgehead atoms. The van der Waals surface area contributed by atoms with Crippen molar-refractivity contribution >= 4 is 17.7 Å². The summed E-state index contributed by atoms with van der Waals surface area (Å²) in [5, 5.41) is 3.10. The van der Waals surface area contributed by atoms with E-state index >= 15 is 0 Å². The Kier molecular flexibility index (Phi) is 6.35. The number of pyridine rings is 1. The maximum absolute atomic E-state index is 11.4. The van der Waals surface area contributed by atoms with E-state index in [-0.39, 0.29) is 11.9 Å². The molecule has 0 saturated carbocycles. The van der Waals surface area contributed by atoms with Gasteiger partial charge in [-0.2, -0.15) is 0 Å². The van der Waals surface area contributed by atoms with Gasteiger partial charge in [0, 0.05) is 19.2 Å². The van der Waals surface area contributed by atoms with Crippen molar-refractivity contribution in [1.82, 2.24) is 4.98 Å². The number of unbranched alkanes of at least 4 members (excludes halogenated alkanes) is 1. The van der Waals surface area contributed by atoms with E-state index in [2.05, 4.69) is 10.3 Å². The fourth-order valence-corrected chi connectivity index (χ4v) is 1.47. The minimum atomic E-state index is -0.372. The number of nitrogens with one attached hydrogen (secondary N) is 1. The highest BCUT2D eigenvalue weighted by Crippen LogP contribution is 2.07. The van der Waals surface area contributed by atoms with Gasteiger partial charge in [0.1, 0.15) is 5.82 Å². The molecular formula is C13H19N3O3. The summed E-state index contributed by atoms with van der Waals surface area (Å²) in [5.41, 5.74) is 5.47. The maximum atomic E-state index is 11.4. The van der Waals surface area contributed by atoms with Gasteiger partial charge in [0.05, 0.1) is 12.2 Å². The monoisotopic (exact) mass is 265 g/mol. The van der Waals surface area contributed by atoms with Crippen molar-refractivity contribution < 1.29 is 14.3 Å². The number of nitrogens with two attached hydrogens (primary N) is 1. The summed E-state index contributed by atoms with van der Waals surface area (Å²) in [7, 11) is 0. The van der Waals surface area contributed by atoms with Crippen LogP contribution in [-0.2, 0) is 9.53 Å². The Morgan fingerprint density at radius 2 is 2.16 bits per heavy atom. The van der Waals surface area contributed by atoms with E-state index in [0.717, 1.165) is 12.8 Å². The summed E-state index contributed by atoms with van der Waals surface area (Å²) in [6, 6.07) is 3.39. The summed E-state index contributed by atoms with van der Waals surface area (Å²) in [6.45, 7) is 2.81. The first-order valence-corrected chi connectivity index (χ1v) is 6.29. The van der Waals surface area contributed by atoms with E-state index in [0.29, 0.717) is 31.0 Å². The standard InChI is InChI=1S/C13H19N3O3/c1-2-19-13(18)10-6-7-12(16-9-10)15-8-4-3-5-11(14)17/h6-7,9H,2-5,8H2,1H3,(H2,14,17)(H,15,16). The molecule has 0 unspecified atom stereocenters. The average Bonchev–Trinajstić information content (AvgIpc) is 2.39. The number of amides is 1. The number of hydrogen-bond donors (Lipinski definition) is 2. The van der Waals surface area contributed by atoms with Gasteiger partial charge in [-0.25, -0.2) is 9.78 Å². The number of carbonyl (C=O) groups is 2. The molecule has 0 fully saturated rings. The zero-order valence-corrected chi connectivity index (χ0v) is 11.0. The van der Waals surface area contributed by atoms with Crippen LogP contribution in [0.2, 0.25) is 0 Å². The van der Waals surface area contributed by atoms with E-state index in [1.807, 2.05) is 0 Å². The Bertz CT molecular complexity index is 418. The second-order valence-electron chi connectivity index (χ2n) is 4.00. The summed E-state index contributed by atoms with van der Waals surface area (Å²) in [5.74, 6) is 0.0343. The number of aromatic nitrogens is 1. The highest BCUT2D eigenvalue weighted by atomic mass is 16.5. The zero-order valence-electron chi connectivity index (χ0n) is 11.0. The predicted octanol–water partition coefficient (Wildman–Crippen LogP) is 1.33. The van der Waals surface area contributed by atoms with E-state index < -0.39 is 0 Å². The highest BCUT2D eigenvalue weighted by Gasteiger charge is 2.06. The van der Waals surface area contributed by atoms with E-state index in [9.17, 15) is 9.59 Å². The normalized spacial score (nSPS) is 9.95. The van der Waals surface area contributed by atoms with Crippen LogP contribution in [0.1, 0.15) is 36.5 Å². The van der Waals surface area contributed by atoms with Crippen LogP contribution in [0.4, 0.5) is 5.82 Å². The third-order valence-corrected chi connectivity index (χ3v) is 2.43. The van der Waals surface area contributed by atoms with Crippen LogP contribution in [-0.4, -0.2) is 30.0 Å². The SMILES string of the molecule is CCOC(=O)c1ccc(NCCCCC(N)=O)nc1. The van der Waals surface area contributed by atoms with Crippen LogP contribution in [0.25, 0.3) is 0 Å². The lowest BCUT2D eigenvalue weighted by Gasteiger charge is -2.06. The molecular weight excluding hydrogens is 246 g/mol. The summed E-state index contributed by atoms with van der Waals surface area (Å²) < 4.78 is 4.86. The molecule has 0 radical (unpaired) electrons. The molecule has 1 rings (SSSR count). The molecule has 3 N–H and O–H groups in total. The molecule has 0 aliphatic heterocycles. The zero-order chi connectivity index (χ0) is 14.1. The maximum Gasteiger partial charge on any atom is 0.339 e. The molecule has 1 heterocycles. The van der Waals surface area contributed by atoms with Gasteiger partial charge in [-0.1, -0.05) is 0 Å². The first-order chi connectivity index (χ1) is 9.13. The predicted molar refractivity (Wildman–Crippen MR) is 71.7 cm³/mol. The Morgan fingerprint density at radius 3 is 2.74 bits per heavy atom. The Hall–Kier alpha value is -2.11. The number of esters is 1. The molecule has 0 saturated heterocycles. The van der Waals surface area contributed by atoms with Gasteiger partial charge in [0.2, 0.25) is 5.91 Å². The number of hydrogen-bond acceptors (Lipinski definition) is 5. The van der Waals surface area contributed by atoms with Gasteiger partial charge in [-0.05, 0) is 31.9 Å². The van der Waals surface area contributed by atoms with Gasteiger partial charge >= 0.3 is 5.97 Å². The first-order valence-electron chi connectivity index (χ1n) is 6.29. The molecule has 6 nitrogen and oxygen atoms in total. The molecule has 1 aromatic heterocycles. The summed E-state index contributed by atoms with van der Waals surface area (Å²) in [6.07, 6.45) is 3.47. The quantitative estimate of drug-likeness (QED) is 0.546. The average molecular weight is 265 g/mol. The van der Waals surface area contributed by atoms with Crippen molar-refractivity contribution in [2.24, 2.45) is 5.73 Å². The molecule has 104 valence electrons. The van der Waals surface area contributed by atoms with E-state index in [4.69, 9.17) is 10.5 Å². The van der Waals surface area contributed by atoms with Crippen LogP contribution in [0.5, 0.6) is 0 Å². The second kappa shape index (κ2) is 8.07. The van der Waals surface area contributed by atoms with Crippen molar-refractivity contribution in [3.05, 3.63) is 23.9 Å². The van der Waals surface area contributed by atoms with E-state index in [1.54, 1.807) is 19.1 Å². The number of primary amides is 1. The van der Waals surface area contributed by atoms with Gasteiger partial charge in [-0.3, -0.25) is 4.79 Å². The molecule has 0 aliphatic carbocycles. The largest absolute Gasteiger partial charge is 0.462 e. The summed E-state index contributed by atoms with van der Waals surface area (Å²) in [4.78, 5) is 26.0. The molecule has 19 heavy (non-hydrogen) atoms. The molecule has 0 aromatic carbocycles. The smallest absolute Gasteiger partial charge is 0.339 e. The molecule has 1 amide bonds. The third kappa shape index (κ3) is 5.85. The van der Waals surface area contributed by atoms with Crippen LogP contribution in [0, 0.1) is 0 Å². The van der Waals surface area contributed by atoms with Crippen LogP contribution < -0.4 is 11.1 Å². The Balaban J connectivity index is 2.32. The van der Waals surface area contributed by atoms with Crippen molar-refractivity contribution in [2.75, 3.05) is 18.5 Å². The first kappa shape index (κ1) is 14.9. The number of carbonyl (C=O) groups excluding carboxylic acids is 2. The van der Waals surface area contributed by atoms with Crippen molar-refractivity contribution in [2.45, 2.75) is 26.2 Å². The van der Waals surface area contributed by atoms with Gasteiger partial charge in [-0.15, -0.1) is 0 Å². The molecule has 0 atom stereocenters. The second-order valence-corrected chi connectivity index (χ2v) is 4.00. The van der Waals surface area contributed by atoms with Crippen LogP contribution in [0.3, 0.4) is 0 Å². The lowest BCUT2D eigenvalue weighted by Crippen LogP contribution is -2.11. The van der Waals surface area contributed by atoms with E-state index in [1.165, 1.54) is 6.20 Å². The number of nitrogens with zero attached hydrogens (tertiary/aromatic N) is 1. The number of ether oxygens (including phenoxy) is 1. The van der Waals surface area contributed by atoms with Crippen molar-refractivity contribution in [3.63, 3.8) is 0 Å². The fraction of sp³-hybridized carbons (Fsp3) is 0.462. The number of rotatable bonds is 8. The van der Waals surface area contributed by atoms with Crippen LogP contribution >= 0.6 is 0 Å². The van der Waals surface area contributed by atoms with Gasteiger partial charge in [0.25, 0.3) is 0 Å². The fourth-order valence-electron chi connectivity index (χ4n) is 1.47. The summed E-state index contributed by atoms with van der Waals surface area (Å²) >= 11 is 0. The molecule has 0 spiro atoms. The van der Waals surface area contributed by atoms with Crippen molar-refractivity contribution in [3.8, 4) is 0 Å². The van der Waals surface area contributed by atoms with Gasteiger partial charge < -0.3 is 15.8 Å².